The molecule has 0 atom stereocenters. The number of nitrogens with zero attached hydrogens (tertiary/aromatic N) is 3. The van der Waals surface area contributed by atoms with Gasteiger partial charge in [-0.1, -0.05) is 36.0 Å². The van der Waals surface area contributed by atoms with Crippen molar-refractivity contribution in [2.45, 2.75) is 10.9 Å². The second-order valence-corrected chi connectivity index (χ2v) is 5.99. The lowest BCUT2D eigenvalue weighted by molar-refractivity contribution is 0.414. The topological polar surface area (TPSA) is 75.2 Å². The Labute approximate surface area is 144 Å². The van der Waals surface area contributed by atoms with E-state index in [1.807, 2.05) is 48.5 Å². The second kappa shape index (κ2) is 7.27. The molecule has 0 fully saturated rings. The van der Waals surface area contributed by atoms with Gasteiger partial charge in [-0.25, -0.2) is 4.68 Å². The molecule has 0 saturated heterocycles. The van der Waals surface area contributed by atoms with Gasteiger partial charge in [-0.2, -0.15) is 0 Å². The average molecular weight is 342 g/mol. The molecular formula is C17H18N4O2S. The van der Waals surface area contributed by atoms with Crippen LogP contribution in [0.1, 0.15) is 5.56 Å². The Balaban J connectivity index is 1.77. The number of hydrogen-bond acceptors (Lipinski definition) is 6. The first-order chi connectivity index (χ1) is 11.7. The third kappa shape index (κ3) is 3.46. The minimum absolute atomic E-state index is 0.599. The van der Waals surface area contributed by atoms with Crippen molar-refractivity contribution in [2.24, 2.45) is 0 Å². The zero-order valence-electron chi connectivity index (χ0n) is 13.5. The van der Waals surface area contributed by atoms with Crippen LogP contribution in [-0.2, 0) is 5.75 Å². The van der Waals surface area contributed by atoms with Gasteiger partial charge in [-0.15, -0.1) is 10.2 Å². The molecule has 1 heterocycles. The molecule has 0 radical (unpaired) electrons. The molecule has 2 aromatic carbocycles. The summed E-state index contributed by atoms with van der Waals surface area (Å²) in [6.07, 6.45) is 0. The minimum atomic E-state index is 0.599. The van der Waals surface area contributed by atoms with Gasteiger partial charge in [-0.05, 0) is 29.8 Å². The zero-order valence-corrected chi connectivity index (χ0v) is 14.3. The summed E-state index contributed by atoms with van der Waals surface area (Å²) in [7, 11) is 3.28. The molecule has 0 aliphatic rings. The molecule has 0 saturated carbocycles. The van der Waals surface area contributed by atoms with Crippen molar-refractivity contribution >= 4 is 11.8 Å². The highest BCUT2D eigenvalue weighted by atomic mass is 32.2. The Morgan fingerprint density at radius 1 is 1.00 bits per heavy atom. The molecule has 1 aromatic heterocycles. The van der Waals surface area contributed by atoms with Gasteiger partial charge in [0.15, 0.2) is 5.82 Å². The summed E-state index contributed by atoms with van der Waals surface area (Å²) in [6.45, 7) is 0. The van der Waals surface area contributed by atoms with E-state index in [0.717, 1.165) is 28.4 Å². The molecule has 0 aliphatic heterocycles. The van der Waals surface area contributed by atoms with Crippen molar-refractivity contribution < 1.29 is 9.47 Å². The Hall–Kier alpha value is -2.67. The number of hydrogen-bond donors (Lipinski definition) is 1. The van der Waals surface area contributed by atoms with Crippen LogP contribution in [-0.4, -0.2) is 29.1 Å². The summed E-state index contributed by atoms with van der Waals surface area (Å²) >= 11 is 1.52. The van der Waals surface area contributed by atoms with Gasteiger partial charge in [0.25, 0.3) is 0 Å². The van der Waals surface area contributed by atoms with E-state index >= 15 is 0 Å². The van der Waals surface area contributed by atoms with E-state index in [1.165, 1.54) is 16.4 Å². The molecule has 3 rings (SSSR count). The lowest BCUT2D eigenvalue weighted by Crippen LogP contribution is -2.11. The number of benzene rings is 2. The maximum absolute atomic E-state index is 6.15. The Kier molecular flexibility index (Phi) is 4.90. The monoisotopic (exact) mass is 342 g/mol. The highest BCUT2D eigenvalue weighted by Gasteiger charge is 2.13. The lowest BCUT2D eigenvalue weighted by atomic mass is 10.2. The summed E-state index contributed by atoms with van der Waals surface area (Å²) in [4.78, 5) is 0. The molecule has 0 unspecified atom stereocenters. The molecule has 0 aliphatic carbocycles. The van der Waals surface area contributed by atoms with Crippen LogP contribution in [0.4, 0.5) is 0 Å². The summed E-state index contributed by atoms with van der Waals surface area (Å²) in [5, 5.41) is 9.03. The first-order valence-corrected chi connectivity index (χ1v) is 8.30. The molecule has 0 amide bonds. The predicted octanol–water partition coefficient (Wildman–Crippen LogP) is 2.97. The number of aromatic nitrogens is 3. The fourth-order valence-electron chi connectivity index (χ4n) is 2.24. The molecule has 0 bridgehead atoms. The van der Waals surface area contributed by atoms with E-state index in [0.29, 0.717) is 11.0 Å². The predicted molar refractivity (Wildman–Crippen MR) is 94.7 cm³/mol. The van der Waals surface area contributed by atoms with E-state index in [4.69, 9.17) is 15.3 Å². The van der Waals surface area contributed by atoms with E-state index in [-0.39, 0.29) is 0 Å². The molecule has 6 nitrogen and oxygen atoms in total. The third-order valence-electron chi connectivity index (χ3n) is 3.49. The summed E-state index contributed by atoms with van der Waals surface area (Å²) in [5.74, 6) is 9.06. The van der Waals surface area contributed by atoms with Crippen LogP contribution in [0.2, 0.25) is 0 Å². The molecular weight excluding hydrogens is 324 g/mol. The quantitative estimate of drug-likeness (QED) is 0.548. The van der Waals surface area contributed by atoms with Crippen molar-refractivity contribution in [1.29, 1.82) is 0 Å². The molecule has 7 heteroatoms. The van der Waals surface area contributed by atoms with E-state index in [2.05, 4.69) is 10.2 Å². The van der Waals surface area contributed by atoms with Crippen LogP contribution in [0, 0.1) is 0 Å². The van der Waals surface area contributed by atoms with Gasteiger partial charge < -0.3 is 15.3 Å². The van der Waals surface area contributed by atoms with Crippen LogP contribution < -0.4 is 15.3 Å². The Bertz CT molecular complexity index is 835. The van der Waals surface area contributed by atoms with Crippen molar-refractivity contribution in [3.05, 3.63) is 54.1 Å². The normalized spacial score (nSPS) is 10.6. The van der Waals surface area contributed by atoms with Crippen molar-refractivity contribution in [1.82, 2.24) is 14.9 Å². The van der Waals surface area contributed by atoms with Crippen molar-refractivity contribution in [3.63, 3.8) is 0 Å². The number of nitrogen functional groups attached to an aromatic ring is 1. The van der Waals surface area contributed by atoms with Crippen LogP contribution in [0.25, 0.3) is 11.4 Å². The SMILES string of the molecule is COc1cccc(CSc2nnc(-c3cccc(OC)c3)n2N)c1. The average Bonchev–Trinajstić information content (AvgIpc) is 3.01. The molecule has 24 heavy (non-hydrogen) atoms. The maximum atomic E-state index is 6.15. The third-order valence-corrected chi connectivity index (χ3v) is 4.51. The Morgan fingerprint density at radius 2 is 1.71 bits per heavy atom. The highest BCUT2D eigenvalue weighted by Crippen LogP contribution is 2.27. The van der Waals surface area contributed by atoms with Crippen LogP contribution in [0.15, 0.2) is 53.7 Å². The van der Waals surface area contributed by atoms with Gasteiger partial charge in [0.2, 0.25) is 5.16 Å². The largest absolute Gasteiger partial charge is 0.497 e. The fourth-order valence-corrected chi connectivity index (χ4v) is 3.04. The van der Waals surface area contributed by atoms with Crippen LogP contribution >= 0.6 is 11.8 Å². The van der Waals surface area contributed by atoms with Gasteiger partial charge in [0, 0.05) is 11.3 Å². The molecule has 0 spiro atoms. The van der Waals surface area contributed by atoms with Crippen LogP contribution in [0.5, 0.6) is 11.5 Å². The number of nitrogens with two attached hydrogens (primary N) is 1. The minimum Gasteiger partial charge on any atom is -0.497 e. The molecule has 124 valence electrons. The van der Waals surface area contributed by atoms with Crippen LogP contribution in [0.3, 0.4) is 0 Å². The number of rotatable bonds is 6. The van der Waals surface area contributed by atoms with Gasteiger partial charge in [0.1, 0.15) is 11.5 Å². The number of thioether (sulfide) groups is 1. The van der Waals surface area contributed by atoms with Crippen molar-refractivity contribution in [2.75, 3.05) is 20.1 Å². The van der Waals surface area contributed by atoms with Gasteiger partial charge in [0.05, 0.1) is 14.2 Å². The summed E-state index contributed by atoms with van der Waals surface area (Å²) < 4.78 is 12.0. The van der Waals surface area contributed by atoms with E-state index in [9.17, 15) is 0 Å². The van der Waals surface area contributed by atoms with Crippen molar-refractivity contribution in [3.8, 4) is 22.9 Å². The zero-order chi connectivity index (χ0) is 16.9. The number of ether oxygens (including phenoxy) is 2. The fraction of sp³-hybridized carbons (Fsp3) is 0.176. The van der Waals surface area contributed by atoms with E-state index < -0.39 is 0 Å². The Morgan fingerprint density at radius 3 is 2.46 bits per heavy atom. The first kappa shape index (κ1) is 16.2. The van der Waals surface area contributed by atoms with E-state index in [1.54, 1.807) is 14.2 Å². The van der Waals surface area contributed by atoms with Gasteiger partial charge in [-0.3, -0.25) is 0 Å². The lowest BCUT2D eigenvalue weighted by Gasteiger charge is -2.06. The summed E-state index contributed by atoms with van der Waals surface area (Å²) in [6, 6.07) is 15.5. The maximum Gasteiger partial charge on any atom is 0.210 e. The molecule has 2 N–H and O–H groups in total. The standard InChI is InChI=1S/C17H18N4O2S/c1-22-14-7-3-5-12(9-14)11-24-17-20-19-16(21(17)18)13-6-4-8-15(10-13)23-2/h3-10H,11,18H2,1-2H3. The van der Waals surface area contributed by atoms with Gasteiger partial charge >= 0.3 is 0 Å². The first-order valence-electron chi connectivity index (χ1n) is 7.32. The smallest absolute Gasteiger partial charge is 0.210 e. The summed E-state index contributed by atoms with van der Waals surface area (Å²) in [5.41, 5.74) is 1.99. The molecule has 3 aromatic rings. The highest BCUT2D eigenvalue weighted by molar-refractivity contribution is 7.98. The second-order valence-electron chi connectivity index (χ2n) is 5.05. The number of methoxy groups -OCH3 is 2.